The summed E-state index contributed by atoms with van der Waals surface area (Å²) < 4.78 is 21.9. The van der Waals surface area contributed by atoms with Crippen LogP contribution >= 0.6 is 0 Å². The van der Waals surface area contributed by atoms with Crippen LogP contribution in [0, 0.1) is 5.82 Å². The lowest BCUT2D eigenvalue weighted by molar-refractivity contribution is 0.102. The van der Waals surface area contributed by atoms with Crippen LogP contribution in [0.5, 0.6) is 5.88 Å². The molecule has 10 heteroatoms. The maximum atomic E-state index is 14.4. The first kappa shape index (κ1) is 19.3. The van der Waals surface area contributed by atoms with Crippen molar-refractivity contribution in [3.05, 3.63) is 48.3 Å². The van der Waals surface area contributed by atoms with Gasteiger partial charge in [0.2, 0.25) is 5.88 Å². The van der Waals surface area contributed by atoms with Crippen LogP contribution < -0.4 is 15.4 Å². The summed E-state index contributed by atoms with van der Waals surface area (Å²) in [5.41, 5.74) is 1.59. The Morgan fingerprint density at radius 3 is 2.74 bits per heavy atom. The van der Waals surface area contributed by atoms with E-state index in [9.17, 15) is 9.18 Å². The highest BCUT2D eigenvalue weighted by atomic mass is 19.1. The first-order valence-corrected chi connectivity index (χ1v) is 10.00. The summed E-state index contributed by atoms with van der Waals surface area (Å²) in [6.07, 6.45) is 7.92. The summed E-state index contributed by atoms with van der Waals surface area (Å²) in [7, 11) is 1.71. The molecule has 0 aliphatic carbocycles. The average Bonchev–Trinajstić information content (AvgIpc) is 3.15. The van der Waals surface area contributed by atoms with Gasteiger partial charge in [-0.05, 0) is 38.1 Å². The van der Waals surface area contributed by atoms with Gasteiger partial charge < -0.3 is 15.4 Å². The number of nitrogens with one attached hydrogen (secondary N) is 2. The Labute approximate surface area is 176 Å². The maximum Gasteiger partial charge on any atom is 0.259 e. The number of aryl methyl sites for hydroxylation is 1. The Balaban J connectivity index is 1.46. The third-order valence-corrected chi connectivity index (χ3v) is 5.21. The van der Waals surface area contributed by atoms with E-state index in [-0.39, 0.29) is 17.2 Å². The molecule has 0 saturated carbocycles. The van der Waals surface area contributed by atoms with Crippen LogP contribution in [-0.2, 0) is 7.05 Å². The molecule has 1 amide bonds. The molecule has 4 aromatic rings. The van der Waals surface area contributed by atoms with E-state index in [0.717, 1.165) is 25.9 Å². The minimum Gasteiger partial charge on any atom is -0.473 e. The highest BCUT2D eigenvalue weighted by Gasteiger charge is 2.21. The maximum absolute atomic E-state index is 14.4. The molecule has 1 aromatic carbocycles. The Hall–Kier alpha value is -3.66. The number of halogens is 1. The Morgan fingerprint density at radius 1 is 1.16 bits per heavy atom. The molecule has 0 unspecified atom stereocenters. The van der Waals surface area contributed by atoms with Gasteiger partial charge in [0.25, 0.3) is 5.91 Å². The van der Waals surface area contributed by atoms with Gasteiger partial charge in [0, 0.05) is 42.9 Å². The Morgan fingerprint density at radius 2 is 1.94 bits per heavy atom. The van der Waals surface area contributed by atoms with Crippen molar-refractivity contribution in [2.75, 3.05) is 18.4 Å². The SMILES string of the molecule is Cn1cc2cc(NC(=O)c3cnc(OC4CCNCC4)c4nccnc34)cc(F)c2n1. The standard InChI is InChI=1S/C21H20FN7O2/c1-29-11-12-8-13(9-16(22)17(12)28-29)27-20(30)15-10-26-21(19-18(15)24-6-7-25-19)31-14-2-4-23-5-3-14/h6-11,14,23H,2-5H2,1H3,(H,27,30). The van der Waals surface area contributed by atoms with Gasteiger partial charge in [-0.3, -0.25) is 14.5 Å². The van der Waals surface area contributed by atoms with Gasteiger partial charge in [0.1, 0.15) is 17.1 Å². The number of nitrogens with zero attached hydrogens (tertiary/aromatic N) is 5. The van der Waals surface area contributed by atoms with Crippen LogP contribution in [0.2, 0.25) is 0 Å². The van der Waals surface area contributed by atoms with E-state index in [1.807, 2.05) is 0 Å². The number of fused-ring (bicyclic) bond motifs is 2. The molecule has 1 aliphatic rings. The van der Waals surface area contributed by atoms with Crippen LogP contribution in [0.4, 0.5) is 10.1 Å². The molecular formula is C21H20FN7O2. The molecule has 4 heterocycles. The third-order valence-electron chi connectivity index (χ3n) is 5.21. The second kappa shape index (κ2) is 7.88. The molecule has 0 spiro atoms. The summed E-state index contributed by atoms with van der Waals surface area (Å²) in [6, 6.07) is 2.91. The van der Waals surface area contributed by atoms with E-state index >= 15 is 0 Å². The van der Waals surface area contributed by atoms with Crippen LogP contribution in [-0.4, -0.2) is 49.8 Å². The number of hydrogen-bond donors (Lipinski definition) is 2. The Kier molecular flexibility index (Phi) is 4.91. The van der Waals surface area contributed by atoms with Crippen molar-refractivity contribution in [3.8, 4) is 5.88 Å². The molecule has 9 nitrogen and oxygen atoms in total. The second-order valence-corrected chi connectivity index (χ2v) is 7.45. The summed E-state index contributed by atoms with van der Waals surface area (Å²) in [6.45, 7) is 1.76. The fraction of sp³-hybridized carbons (Fsp3) is 0.286. The van der Waals surface area contributed by atoms with Gasteiger partial charge in [-0.1, -0.05) is 0 Å². The monoisotopic (exact) mass is 421 g/mol. The van der Waals surface area contributed by atoms with E-state index < -0.39 is 11.7 Å². The summed E-state index contributed by atoms with van der Waals surface area (Å²) in [5.74, 6) is -0.620. The molecule has 1 aliphatic heterocycles. The van der Waals surface area contributed by atoms with E-state index in [1.54, 1.807) is 19.3 Å². The first-order valence-electron chi connectivity index (χ1n) is 10.00. The number of pyridine rings is 1. The van der Waals surface area contributed by atoms with Crippen molar-refractivity contribution >= 4 is 33.5 Å². The summed E-state index contributed by atoms with van der Waals surface area (Å²) in [5, 5.41) is 10.7. The lowest BCUT2D eigenvalue weighted by Gasteiger charge is -2.23. The number of rotatable bonds is 4. The van der Waals surface area contributed by atoms with Gasteiger partial charge in [0.05, 0.1) is 5.56 Å². The highest BCUT2D eigenvalue weighted by Crippen LogP contribution is 2.26. The third kappa shape index (κ3) is 3.77. The Bertz CT molecular complexity index is 1280. The number of aromatic nitrogens is 5. The van der Waals surface area contributed by atoms with E-state index in [4.69, 9.17) is 4.74 Å². The second-order valence-electron chi connectivity index (χ2n) is 7.45. The molecule has 0 bridgehead atoms. The normalized spacial score (nSPS) is 14.8. The number of anilines is 1. The molecule has 1 fully saturated rings. The lowest BCUT2D eigenvalue weighted by Crippen LogP contribution is -2.34. The zero-order valence-electron chi connectivity index (χ0n) is 16.8. The zero-order chi connectivity index (χ0) is 21.4. The number of benzene rings is 1. The van der Waals surface area contributed by atoms with Crippen LogP contribution in [0.15, 0.2) is 36.9 Å². The van der Waals surface area contributed by atoms with Crippen molar-refractivity contribution in [1.82, 2.24) is 30.0 Å². The molecule has 5 rings (SSSR count). The minimum absolute atomic E-state index is 0.0350. The molecule has 1 saturated heterocycles. The number of hydrogen-bond acceptors (Lipinski definition) is 7. The molecule has 0 radical (unpaired) electrons. The van der Waals surface area contributed by atoms with Gasteiger partial charge in [-0.2, -0.15) is 5.10 Å². The van der Waals surface area contributed by atoms with Crippen LogP contribution in [0.1, 0.15) is 23.2 Å². The zero-order valence-corrected chi connectivity index (χ0v) is 16.8. The quantitative estimate of drug-likeness (QED) is 0.521. The fourth-order valence-electron chi connectivity index (χ4n) is 3.74. The predicted octanol–water partition coefficient (Wildman–Crippen LogP) is 2.43. The van der Waals surface area contributed by atoms with Gasteiger partial charge in [-0.15, -0.1) is 0 Å². The average molecular weight is 421 g/mol. The number of piperidine rings is 1. The molecular weight excluding hydrogens is 401 g/mol. The lowest BCUT2D eigenvalue weighted by atomic mass is 10.1. The van der Waals surface area contributed by atoms with E-state index in [0.29, 0.717) is 28.0 Å². The number of amides is 1. The first-order chi connectivity index (χ1) is 15.1. The number of ether oxygens (including phenoxy) is 1. The van der Waals surface area contributed by atoms with E-state index in [2.05, 4.69) is 30.7 Å². The molecule has 0 atom stereocenters. The van der Waals surface area contributed by atoms with Crippen molar-refractivity contribution in [1.29, 1.82) is 0 Å². The van der Waals surface area contributed by atoms with Crippen LogP contribution in [0.25, 0.3) is 21.9 Å². The van der Waals surface area contributed by atoms with Crippen molar-refractivity contribution in [3.63, 3.8) is 0 Å². The van der Waals surface area contributed by atoms with Gasteiger partial charge in [-0.25, -0.2) is 14.4 Å². The fourth-order valence-corrected chi connectivity index (χ4v) is 3.74. The van der Waals surface area contributed by atoms with Gasteiger partial charge >= 0.3 is 0 Å². The van der Waals surface area contributed by atoms with Crippen molar-refractivity contribution in [2.24, 2.45) is 7.05 Å². The van der Waals surface area contributed by atoms with Crippen LogP contribution in [0.3, 0.4) is 0 Å². The van der Waals surface area contributed by atoms with Crippen molar-refractivity contribution in [2.45, 2.75) is 18.9 Å². The van der Waals surface area contributed by atoms with Crippen molar-refractivity contribution < 1.29 is 13.9 Å². The van der Waals surface area contributed by atoms with E-state index in [1.165, 1.54) is 29.3 Å². The van der Waals surface area contributed by atoms with Gasteiger partial charge in [0.15, 0.2) is 11.3 Å². The number of carbonyl (C=O) groups excluding carboxylic acids is 1. The molecule has 31 heavy (non-hydrogen) atoms. The molecule has 158 valence electrons. The summed E-state index contributed by atoms with van der Waals surface area (Å²) in [4.78, 5) is 26.0. The molecule has 2 N–H and O–H groups in total. The number of carbonyl (C=O) groups is 1. The smallest absolute Gasteiger partial charge is 0.259 e. The largest absolute Gasteiger partial charge is 0.473 e. The topological polar surface area (TPSA) is 107 Å². The highest BCUT2D eigenvalue weighted by molar-refractivity contribution is 6.12. The summed E-state index contributed by atoms with van der Waals surface area (Å²) >= 11 is 0. The molecule has 3 aromatic heterocycles. The predicted molar refractivity (Wildman–Crippen MR) is 112 cm³/mol. The minimum atomic E-state index is -0.512.